The van der Waals surface area contributed by atoms with Gasteiger partial charge < -0.3 is 4.98 Å². The van der Waals surface area contributed by atoms with E-state index in [9.17, 15) is 4.79 Å². The van der Waals surface area contributed by atoms with Crippen LogP contribution in [0.5, 0.6) is 0 Å². The monoisotopic (exact) mass is 208 g/mol. The lowest BCUT2D eigenvalue weighted by atomic mass is 9.96. The van der Waals surface area contributed by atoms with E-state index in [4.69, 9.17) is 11.6 Å². The summed E-state index contributed by atoms with van der Waals surface area (Å²) in [6.45, 7) is 0. The summed E-state index contributed by atoms with van der Waals surface area (Å²) in [7, 11) is 0. The van der Waals surface area contributed by atoms with Crippen molar-refractivity contribution in [3.63, 3.8) is 0 Å². The van der Waals surface area contributed by atoms with Crippen molar-refractivity contribution >= 4 is 11.6 Å². The van der Waals surface area contributed by atoms with E-state index in [0.717, 1.165) is 0 Å². The van der Waals surface area contributed by atoms with E-state index in [1.165, 1.54) is 6.20 Å². The van der Waals surface area contributed by atoms with Gasteiger partial charge in [0.15, 0.2) is 0 Å². The third-order valence-electron chi connectivity index (χ3n) is 2.14. The third-order valence-corrected chi connectivity index (χ3v) is 2.63. The molecule has 2 rings (SSSR count). The fourth-order valence-corrected chi connectivity index (χ4v) is 1.68. The summed E-state index contributed by atoms with van der Waals surface area (Å²) >= 11 is 6.34. The number of aromatic amines is 1. The number of hydrogen-bond acceptors (Lipinski definition) is 2. The van der Waals surface area contributed by atoms with Gasteiger partial charge in [0.25, 0.3) is 0 Å². The predicted octanol–water partition coefficient (Wildman–Crippen LogP) is 1.72. The Morgan fingerprint density at radius 1 is 1.50 bits per heavy atom. The number of rotatable bonds is 1. The summed E-state index contributed by atoms with van der Waals surface area (Å²) in [5.74, 6) is 0. The Bertz CT molecular complexity index is 449. The van der Waals surface area contributed by atoms with Crippen LogP contribution in [0.2, 0.25) is 0 Å². The number of halogens is 1. The van der Waals surface area contributed by atoms with Gasteiger partial charge in [0, 0.05) is 11.9 Å². The number of H-pyrrole nitrogens is 1. The first-order chi connectivity index (χ1) is 6.71. The molecule has 1 N–H and O–H groups in total. The number of alkyl halides is 1. The molecular weight excluding hydrogens is 200 g/mol. The Kier molecular flexibility index (Phi) is 2.25. The Balaban J connectivity index is 2.44. The molecule has 0 amide bonds. The van der Waals surface area contributed by atoms with Gasteiger partial charge in [0.05, 0.1) is 0 Å². The van der Waals surface area contributed by atoms with E-state index >= 15 is 0 Å². The van der Waals surface area contributed by atoms with Gasteiger partial charge in [-0.05, 0) is 12.5 Å². The molecular formula is C10H9ClN2O. The first-order valence-electron chi connectivity index (χ1n) is 4.30. The highest BCUT2D eigenvalue weighted by molar-refractivity contribution is 6.25. The van der Waals surface area contributed by atoms with Crippen LogP contribution >= 0.6 is 11.6 Å². The maximum atomic E-state index is 11.0. The molecule has 0 bridgehead atoms. The normalized spacial score (nSPS) is 25.2. The van der Waals surface area contributed by atoms with Crippen LogP contribution in [0.4, 0.5) is 0 Å². The molecule has 4 heteroatoms. The molecule has 14 heavy (non-hydrogen) atoms. The van der Waals surface area contributed by atoms with Gasteiger partial charge in [-0.1, -0.05) is 24.3 Å². The van der Waals surface area contributed by atoms with E-state index in [-0.39, 0.29) is 5.69 Å². The zero-order valence-electron chi connectivity index (χ0n) is 7.40. The molecule has 1 heterocycles. The molecule has 1 aliphatic rings. The Morgan fingerprint density at radius 3 is 3.00 bits per heavy atom. The highest BCUT2D eigenvalue weighted by Gasteiger charge is 2.27. The van der Waals surface area contributed by atoms with Gasteiger partial charge in [-0.25, -0.2) is 9.78 Å². The molecule has 0 saturated carbocycles. The molecule has 3 nitrogen and oxygen atoms in total. The Morgan fingerprint density at radius 2 is 2.36 bits per heavy atom. The summed E-state index contributed by atoms with van der Waals surface area (Å²) in [5, 5.41) is 0. The standard InChI is InChI=1S/C10H9ClN2O/c11-10(5-2-1-3-6-10)8-4-7-12-9(14)13-8/h1-5,7H,6H2,(H,12,13,14). The highest BCUT2D eigenvalue weighted by Crippen LogP contribution is 2.34. The molecule has 0 radical (unpaired) electrons. The molecule has 1 aliphatic carbocycles. The first-order valence-corrected chi connectivity index (χ1v) is 4.68. The number of nitrogens with one attached hydrogen (secondary N) is 1. The second-order valence-electron chi connectivity index (χ2n) is 3.14. The summed E-state index contributed by atoms with van der Waals surface area (Å²) in [6.07, 6.45) is 9.76. The number of aromatic nitrogens is 2. The zero-order valence-corrected chi connectivity index (χ0v) is 8.16. The van der Waals surface area contributed by atoms with Crippen molar-refractivity contribution in [2.45, 2.75) is 11.3 Å². The van der Waals surface area contributed by atoms with E-state index in [1.807, 2.05) is 24.3 Å². The summed E-state index contributed by atoms with van der Waals surface area (Å²) in [6, 6.07) is 1.72. The van der Waals surface area contributed by atoms with Gasteiger partial charge >= 0.3 is 5.69 Å². The highest BCUT2D eigenvalue weighted by atomic mass is 35.5. The van der Waals surface area contributed by atoms with Crippen molar-refractivity contribution in [3.8, 4) is 0 Å². The molecule has 0 saturated heterocycles. The minimum absolute atomic E-state index is 0.370. The lowest BCUT2D eigenvalue weighted by molar-refractivity contribution is 0.720. The summed E-state index contributed by atoms with van der Waals surface area (Å²) in [4.78, 5) is 16.6. The largest absolute Gasteiger partial charge is 0.345 e. The molecule has 0 spiro atoms. The topological polar surface area (TPSA) is 45.8 Å². The van der Waals surface area contributed by atoms with Crippen LogP contribution in [0.3, 0.4) is 0 Å². The van der Waals surface area contributed by atoms with Crippen molar-refractivity contribution < 1.29 is 0 Å². The fraction of sp³-hybridized carbons (Fsp3) is 0.200. The summed E-state index contributed by atoms with van der Waals surface area (Å²) in [5.41, 5.74) is 0.310. The van der Waals surface area contributed by atoms with E-state index < -0.39 is 4.87 Å². The molecule has 0 aromatic carbocycles. The van der Waals surface area contributed by atoms with Gasteiger partial charge in [-0.3, -0.25) is 0 Å². The minimum atomic E-state index is -0.628. The van der Waals surface area contributed by atoms with Crippen LogP contribution in [0.15, 0.2) is 41.4 Å². The van der Waals surface area contributed by atoms with Crippen LogP contribution in [-0.4, -0.2) is 9.97 Å². The van der Waals surface area contributed by atoms with Gasteiger partial charge in [0.1, 0.15) is 4.87 Å². The zero-order chi connectivity index (χ0) is 10.0. The van der Waals surface area contributed by atoms with Gasteiger partial charge in [-0.2, -0.15) is 0 Å². The number of nitrogens with zero attached hydrogens (tertiary/aromatic N) is 1. The SMILES string of the molecule is O=c1nccc(C2(Cl)C=CC=CC2)[nH]1. The average Bonchev–Trinajstić information content (AvgIpc) is 2.19. The molecule has 1 aromatic heterocycles. The number of allylic oxidation sites excluding steroid dienone is 4. The molecule has 1 unspecified atom stereocenters. The molecule has 1 aromatic rings. The van der Waals surface area contributed by atoms with Gasteiger partial charge in [0.2, 0.25) is 0 Å². The fourth-order valence-electron chi connectivity index (χ4n) is 1.41. The lowest BCUT2D eigenvalue weighted by Crippen LogP contribution is -2.23. The van der Waals surface area contributed by atoms with E-state index in [2.05, 4.69) is 9.97 Å². The lowest BCUT2D eigenvalue weighted by Gasteiger charge is -2.23. The summed E-state index contributed by atoms with van der Waals surface area (Å²) < 4.78 is 0. The first kappa shape index (κ1) is 9.21. The van der Waals surface area contributed by atoms with Crippen molar-refractivity contribution in [1.29, 1.82) is 0 Å². The van der Waals surface area contributed by atoms with E-state index in [0.29, 0.717) is 12.1 Å². The van der Waals surface area contributed by atoms with Crippen molar-refractivity contribution in [3.05, 3.63) is 52.7 Å². The molecule has 0 fully saturated rings. The van der Waals surface area contributed by atoms with Crippen molar-refractivity contribution in [2.75, 3.05) is 0 Å². The van der Waals surface area contributed by atoms with Crippen molar-refractivity contribution in [2.24, 2.45) is 0 Å². The average molecular weight is 209 g/mol. The quantitative estimate of drug-likeness (QED) is 0.715. The predicted molar refractivity (Wildman–Crippen MR) is 55.3 cm³/mol. The number of hydrogen-bond donors (Lipinski definition) is 1. The second-order valence-corrected chi connectivity index (χ2v) is 3.82. The maximum absolute atomic E-state index is 11.0. The smallest absolute Gasteiger partial charge is 0.308 e. The molecule has 0 aliphatic heterocycles. The second kappa shape index (κ2) is 3.42. The van der Waals surface area contributed by atoms with Crippen LogP contribution < -0.4 is 5.69 Å². The van der Waals surface area contributed by atoms with Crippen molar-refractivity contribution in [1.82, 2.24) is 9.97 Å². The molecule has 72 valence electrons. The van der Waals surface area contributed by atoms with Crippen LogP contribution in [0.1, 0.15) is 12.1 Å². The minimum Gasteiger partial charge on any atom is -0.308 e. The van der Waals surface area contributed by atoms with E-state index in [1.54, 1.807) is 6.07 Å². The van der Waals surface area contributed by atoms with Crippen LogP contribution in [0.25, 0.3) is 0 Å². The van der Waals surface area contributed by atoms with Crippen LogP contribution in [-0.2, 0) is 4.87 Å². The molecule has 1 atom stereocenters. The van der Waals surface area contributed by atoms with Crippen LogP contribution in [0, 0.1) is 0 Å². The Labute approximate surface area is 86.1 Å². The Hall–Kier alpha value is -1.35. The third kappa shape index (κ3) is 1.63. The maximum Gasteiger partial charge on any atom is 0.345 e. The van der Waals surface area contributed by atoms with Gasteiger partial charge in [-0.15, -0.1) is 11.6 Å².